The minimum atomic E-state index is 0.163. The van der Waals surface area contributed by atoms with Crippen LogP contribution < -0.4 is 4.74 Å². The molecule has 0 aliphatic rings. The van der Waals surface area contributed by atoms with Crippen LogP contribution in [0.5, 0.6) is 5.75 Å². The van der Waals surface area contributed by atoms with Crippen LogP contribution in [0, 0.1) is 3.57 Å². The number of hydrogen-bond donors (Lipinski definition) is 0. The topological polar surface area (TPSA) is 35.0 Å². The van der Waals surface area contributed by atoms with Gasteiger partial charge < -0.3 is 4.74 Å². The zero-order valence-corrected chi connectivity index (χ0v) is 14.6. The quantitative estimate of drug-likeness (QED) is 0.547. The van der Waals surface area contributed by atoms with Gasteiger partial charge in [-0.2, -0.15) is 0 Å². The molecule has 2 aromatic rings. The fraction of sp³-hybridized carbons (Fsp3) is 0.333. The lowest BCUT2D eigenvalue weighted by Crippen LogP contribution is -2.05. The van der Waals surface area contributed by atoms with E-state index in [0.29, 0.717) is 11.0 Å². The van der Waals surface area contributed by atoms with Gasteiger partial charge in [0.15, 0.2) is 5.82 Å². The molecule has 0 radical (unpaired) electrons. The molecule has 0 saturated carbocycles. The molecule has 0 atom stereocenters. The third-order valence-corrected chi connectivity index (χ3v) is 4.42. The third kappa shape index (κ3) is 3.61. The van der Waals surface area contributed by atoms with Crippen molar-refractivity contribution >= 4 is 34.2 Å². The number of ether oxygens (including phenoxy) is 1. The molecule has 0 bridgehead atoms. The summed E-state index contributed by atoms with van der Waals surface area (Å²) in [6.45, 7) is 6.07. The van der Waals surface area contributed by atoms with Gasteiger partial charge in [0.1, 0.15) is 10.9 Å². The highest BCUT2D eigenvalue weighted by atomic mass is 127. The van der Waals surface area contributed by atoms with Gasteiger partial charge in [0.05, 0.1) is 15.4 Å². The molecule has 1 aromatic heterocycles. The fourth-order valence-electron chi connectivity index (χ4n) is 1.78. The Labute approximate surface area is 137 Å². The predicted octanol–water partition coefficient (Wildman–Crippen LogP) is 4.75. The molecule has 0 saturated heterocycles. The minimum Gasteiger partial charge on any atom is -0.491 e. The first-order valence-electron chi connectivity index (χ1n) is 6.50. The molecule has 0 unspecified atom stereocenters. The maximum Gasteiger partial charge on any atom is 0.161 e. The van der Waals surface area contributed by atoms with Crippen molar-refractivity contribution < 1.29 is 4.74 Å². The molecule has 0 aliphatic carbocycles. The van der Waals surface area contributed by atoms with Crippen LogP contribution in [0.4, 0.5) is 0 Å². The Morgan fingerprint density at radius 2 is 1.85 bits per heavy atom. The highest BCUT2D eigenvalue weighted by Crippen LogP contribution is 2.25. The number of benzene rings is 1. The van der Waals surface area contributed by atoms with E-state index in [2.05, 4.69) is 39.5 Å². The molecular weight excluding hydrogens is 387 g/mol. The van der Waals surface area contributed by atoms with Gasteiger partial charge in [-0.05, 0) is 67.1 Å². The van der Waals surface area contributed by atoms with Crippen LogP contribution in [0.15, 0.2) is 24.3 Å². The standard InChI is InChI=1S/C15H16ClIN2O/c1-4-12-13(17)14(16)19-15(18-12)10-5-7-11(8-6-10)20-9(2)3/h5-9H,4H2,1-3H3. The van der Waals surface area contributed by atoms with E-state index in [0.717, 1.165) is 27.0 Å². The Bertz CT molecular complexity index is 600. The fourth-order valence-corrected chi connectivity index (χ4v) is 2.59. The number of aromatic nitrogens is 2. The summed E-state index contributed by atoms with van der Waals surface area (Å²) in [5.41, 5.74) is 1.91. The van der Waals surface area contributed by atoms with Gasteiger partial charge in [0.25, 0.3) is 0 Å². The highest BCUT2D eigenvalue weighted by molar-refractivity contribution is 14.1. The van der Waals surface area contributed by atoms with Crippen LogP contribution >= 0.6 is 34.2 Å². The number of hydrogen-bond acceptors (Lipinski definition) is 3. The van der Waals surface area contributed by atoms with E-state index >= 15 is 0 Å². The van der Waals surface area contributed by atoms with Gasteiger partial charge in [-0.25, -0.2) is 9.97 Å². The number of rotatable bonds is 4. The first-order chi connectivity index (χ1) is 9.51. The Hall–Kier alpha value is -0.880. The van der Waals surface area contributed by atoms with Gasteiger partial charge in [-0.15, -0.1) is 0 Å². The van der Waals surface area contributed by atoms with Crippen molar-refractivity contribution in [2.24, 2.45) is 0 Å². The first-order valence-corrected chi connectivity index (χ1v) is 7.96. The van der Waals surface area contributed by atoms with Gasteiger partial charge in [-0.3, -0.25) is 0 Å². The lowest BCUT2D eigenvalue weighted by molar-refractivity contribution is 0.242. The van der Waals surface area contributed by atoms with Crippen LogP contribution in [0.25, 0.3) is 11.4 Å². The van der Waals surface area contributed by atoms with Crippen molar-refractivity contribution in [3.8, 4) is 17.1 Å². The molecule has 2 rings (SSSR count). The van der Waals surface area contributed by atoms with Gasteiger partial charge in [0.2, 0.25) is 0 Å². The SMILES string of the molecule is CCc1nc(-c2ccc(OC(C)C)cc2)nc(Cl)c1I. The average molecular weight is 403 g/mol. The van der Waals surface area contributed by atoms with E-state index in [1.807, 2.05) is 38.1 Å². The van der Waals surface area contributed by atoms with E-state index in [1.54, 1.807) is 0 Å². The van der Waals surface area contributed by atoms with Crippen molar-refractivity contribution in [3.63, 3.8) is 0 Å². The lowest BCUT2D eigenvalue weighted by atomic mass is 10.2. The predicted molar refractivity (Wildman–Crippen MR) is 90.3 cm³/mol. The smallest absolute Gasteiger partial charge is 0.161 e. The van der Waals surface area contributed by atoms with Crippen LogP contribution in [0.1, 0.15) is 26.5 Å². The minimum absolute atomic E-state index is 0.163. The van der Waals surface area contributed by atoms with Crippen LogP contribution in [-0.2, 0) is 6.42 Å². The van der Waals surface area contributed by atoms with Gasteiger partial charge >= 0.3 is 0 Å². The summed E-state index contributed by atoms with van der Waals surface area (Å²) in [6.07, 6.45) is 0.999. The Kier molecular flexibility index (Phi) is 5.21. The van der Waals surface area contributed by atoms with Crippen molar-refractivity contribution in [1.82, 2.24) is 9.97 Å². The summed E-state index contributed by atoms with van der Waals surface area (Å²) in [5, 5.41) is 0.509. The van der Waals surface area contributed by atoms with Crippen molar-refractivity contribution in [2.45, 2.75) is 33.3 Å². The number of aryl methyl sites for hydroxylation is 1. The second kappa shape index (κ2) is 6.72. The van der Waals surface area contributed by atoms with E-state index in [4.69, 9.17) is 16.3 Å². The summed E-state index contributed by atoms with van der Waals surface area (Å²) >= 11 is 8.35. The van der Waals surface area contributed by atoms with E-state index < -0.39 is 0 Å². The van der Waals surface area contributed by atoms with E-state index in [9.17, 15) is 0 Å². The van der Waals surface area contributed by atoms with Crippen molar-refractivity contribution in [1.29, 1.82) is 0 Å². The lowest BCUT2D eigenvalue weighted by Gasteiger charge is -2.10. The number of nitrogens with zero attached hydrogens (tertiary/aromatic N) is 2. The molecule has 1 heterocycles. The van der Waals surface area contributed by atoms with Gasteiger partial charge in [-0.1, -0.05) is 18.5 Å². The molecule has 0 aliphatic heterocycles. The molecule has 106 valence electrons. The molecule has 3 nitrogen and oxygen atoms in total. The molecular formula is C15H16ClIN2O. The molecule has 1 aromatic carbocycles. The largest absolute Gasteiger partial charge is 0.491 e. The second-order valence-electron chi connectivity index (χ2n) is 4.64. The molecule has 0 spiro atoms. The molecule has 5 heteroatoms. The normalized spacial score (nSPS) is 10.9. The molecule has 0 fully saturated rings. The maximum atomic E-state index is 6.16. The monoisotopic (exact) mass is 402 g/mol. The zero-order valence-electron chi connectivity index (χ0n) is 11.7. The average Bonchev–Trinajstić information content (AvgIpc) is 2.42. The summed E-state index contributed by atoms with van der Waals surface area (Å²) < 4.78 is 6.55. The van der Waals surface area contributed by atoms with E-state index in [1.165, 1.54) is 0 Å². The summed E-state index contributed by atoms with van der Waals surface area (Å²) in [6, 6.07) is 7.76. The van der Waals surface area contributed by atoms with E-state index in [-0.39, 0.29) is 6.10 Å². The molecule has 0 amide bonds. The van der Waals surface area contributed by atoms with Crippen LogP contribution in [-0.4, -0.2) is 16.1 Å². The van der Waals surface area contributed by atoms with Crippen molar-refractivity contribution in [3.05, 3.63) is 38.7 Å². The summed E-state index contributed by atoms with van der Waals surface area (Å²) in [7, 11) is 0. The highest BCUT2D eigenvalue weighted by Gasteiger charge is 2.11. The second-order valence-corrected chi connectivity index (χ2v) is 6.08. The van der Waals surface area contributed by atoms with Crippen molar-refractivity contribution in [2.75, 3.05) is 0 Å². The molecule has 20 heavy (non-hydrogen) atoms. The summed E-state index contributed by atoms with van der Waals surface area (Å²) in [5.74, 6) is 1.50. The van der Waals surface area contributed by atoms with Crippen LogP contribution in [0.3, 0.4) is 0 Å². The summed E-state index contributed by atoms with van der Waals surface area (Å²) in [4.78, 5) is 8.92. The first kappa shape index (κ1) is 15.5. The van der Waals surface area contributed by atoms with Crippen LogP contribution in [0.2, 0.25) is 5.15 Å². The third-order valence-electron chi connectivity index (χ3n) is 2.70. The zero-order chi connectivity index (χ0) is 14.7. The Morgan fingerprint density at radius 3 is 2.40 bits per heavy atom. The number of halogens is 2. The Balaban J connectivity index is 2.34. The molecule has 0 N–H and O–H groups in total. The maximum absolute atomic E-state index is 6.16. The Morgan fingerprint density at radius 1 is 1.20 bits per heavy atom. The van der Waals surface area contributed by atoms with Gasteiger partial charge in [0, 0.05) is 5.56 Å².